The highest BCUT2D eigenvalue weighted by atomic mass is 16.5. The molecule has 0 unspecified atom stereocenters. The van der Waals surface area contributed by atoms with E-state index in [1.54, 1.807) is 4.40 Å². The molecule has 0 aliphatic carbocycles. The van der Waals surface area contributed by atoms with Crippen LogP contribution < -0.4 is 11.2 Å². The number of hydrogen-bond acceptors (Lipinski definition) is 5. The van der Waals surface area contributed by atoms with Gasteiger partial charge in [0.25, 0.3) is 5.56 Å². The van der Waals surface area contributed by atoms with Crippen molar-refractivity contribution < 1.29 is 9.53 Å². The van der Waals surface area contributed by atoms with E-state index in [4.69, 9.17) is 4.74 Å². The third-order valence-electron chi connectivity index (χ3n) is 5.41. The number of ether oxygens (including phenoxy) is 1. The zero-order chi connectivity index (χ0) is 21.0. The van der Waals surface area contributed by atoms with Crippen LogP contribution in [0.15, 0.2) is 39.9 Å². The van der Waals surface area contributed by atoms with Crippen LogP contribution in [0.25, 0.3) is 22.6 Å². The zero-order valence-electron chi connectivity index (χ0n) is 16.8. The molecule has 0 aliphatic rings. The van der Waals surface area contributed by atoms with E-state index in [1.165, 1.54) is 25.6 Å². The molecule has 29 heavy (non-hydrogen) atoms. The van der Waals surface area contributed by atoms with Crippen LogP contribution in [-0.4, -0.2) is 36.2 Å². The minimum absolute atomic E-state index is 0.244. The smallest absolute Gasteiger partial charge is 0.333 e. The first kappa shape index (κ1) is 18.7. The van der Waals surface area contributed by atoms with Gasteiger partial charge in [-0.2, -0.15) is 4.98 Å². The molecule has 4 aromatic rings. The molecule has 9 nitrogen and oxygen atoms in total. The van der Waals surface area contributed by atoms with Gasteiger partial charge in [-0.25, -0.2) is 14.2 Å². The number of imidazole rings is 2. The van der Waals surface area contributed by atoms with Crippen LogP contribution in [0.5, 0.6) is 0 Å². The minimum atomic E-state index is -1.06. The number of methoxy groups -OCH3 is 1. The van der Waals surface area contributed by atoms with Crippen LogP contribution in [0.1, 0.15) is 24.4 Å². The zero-order valence-corrected chi connectivity index (χ0v) is 16.8. The van der Waals surface area contributed by atoms with Crippen LogP contribution in [0, 0.1) is 13.8 Å². The van der Waals surface area contributed by atoms with Gasteiger partial charge in [-0.15, -0.1) is 0 Å². The fraction of sp³-hybridized carbons (Fsp3) is 0.300. The number of benzene rings is 1. The predicted molar refractivity (Wildman–Crippen MR) is 108 cm³/mol. The second-order valence-corrected chi connectivity index (χ2v) is 6.98. The second kappa shape index (κ2) is 6.47. The number of para-hydroxylation sites is 1. The molecule has 0 radical (unpaired) electrons. The van der Waals surface area contributed by atoms with Gasteiger partial charge in [0, 0.05) is 24.1 Å². The molecule has 0 aliphatic heterocycles. The van der Waals surface area contributed by atoms with Crippen molar-refractivity contribution in [2.24, 2.45) is 7.05 Å². The fourth-order valence-electron chi connectivity index (χ4n) is 3.72. The third kappa shape index (κ3) is 2.47. The normalized spacial score (nSPS) is 12.6. The Balaban J connectivity index is 2.18. The highest BCUT2D eigenvalue weighted by Gasteiger charge is 2.27. The van der Waals surface area contributed by atoms with Crippen molar-refractivity contribution in [2.45, 2.75) is 26.8 Å². The Bertz CT molecular complexity index is 1390. The highest BCUT2D eigenvalue weighted by molar-refractivity contribution is 5.78. The number of carbonyl (C=O) groups is 1. The van der Waals surface area contributed by atoms with E-state index in [0.29, 0.717) is 5.78 Å². The molecule has 0 fully saturated rings. The van der Waals surface area contributed by atoms with Crippen molar-refractivity contribution in [3.63, 3.8) is 0 Å². The first-order valence-corrected chi connectivity index (χ1v) is 9.14. The van der Waals surface area contributed by atoms with Gasteiger partial charge >= 0.3 is 11.7 Å². The number of nitrogens with zero attached hydrogens (tertiary/aromatic N) is 5. The number of rotatable bonds is 3. The Morgan fingerprint density at radius 1 is 1.10 bits per heavy atom. The van der Waals surface area contributed by atoms with Gasteiger partial charge in [-0.1, -0.05) is 18.2 Å². The maximum absolute atomic E-state index is 13.3. The van der Waals surface area contributed by atoms with Crippen LogP contribution in [0.3, 0.4) is 0 Å². The van der Waals surface area contributed by atoms with Crippen molar-refractivity contribution in [3.05, 3.63) is 62.6 Å². The van der Waals surface area contributed by atoms with Gasteiger partial charge in [-0.05, 0) is 32.9 Å². The number of esters is 1. The molecule has 3 aromatic heterocycles. The monoisotopic (exact) mass is 395 g/mol. The summed E-state index contributed by atoms with van der Waals surface area (Å²) in [7, 11) is 2.75. The lowest BCUT2D eigenvalue weighted by Gasteiger charge is -2.13. The molecule has 3 heterocycles. The summed E-state index contributed by atoms with van der Waals surface area (Å²) in [5.74, 6) is -0.143. The summed E-state index contributed by atoms with van der Waals surface area (Å²) < 4.78 is 10.6. The highest BCUT2D eigenvalue weighted by Crippen LogP contribution is 2.24. The van der Waals surface area contributed by atoms with Crippen LogP contribution in [0.4, 0.5) is 0 Å². The van der Waals surface area contributed by atoms with Crippen LogP contribution in [0.2, 0.25) is 0 Å². The van der Waals surface area contributed by atoms with Gasteiger partial charge in [0.05, 0.1) is 7.11 Å². The fourth-order valence-corrected chi connectivity index (χ4v) is 3.72. The Hall–Kier alpha value is -3.62. The molecule has 0 spiro atoms. The second-order valence-electron chi connectivity index (χ2n) is 6.98. The van der Waals surface area contributed by atoms with E-state index >= 15 is 0 Å². The molecular formula is C20H21N5O4. The van der Waals surface area contributed by atoms with Crippen LogP contribution >= 0.6 is 0 Å². The van der Waals surface area contributed by atoms with E-state index in [2.05, 4.69) is 4.98 Å². The van der Waals surface area contributed by atoms with Crippen molar-refractivity contribution in [2.75, 3.05) is 7.11 Å². The van der Waals surface area contributed by atoms with E-state index < -0.39 is 23.3 Å². The molecule has 9 heteroatoms. The quantitative estimate of drug-likeness (QED) is 0.490. The lowest BCUT2D eigenvalue weighted by atomic mass is 10.3. The molecule has 0 amide bonds. The van der Waals surface area contributed by atoms with Gasteiger partial charge in [0.1, 0.15) is 6.04 Å². The largest absolute Gasteiger partial charge is 0.467 e. The van der Waals surface area contributed by atoms with E-state index in [9.17, 15) is 14.4 Å². The van der Waals surface area contributed by atoms with Crippen molar-refractivity contribution in [1.29, 1.82) is 0 Å². The maximum Gasteiger partial charge on any atom is 0.333 e. The summed E-state index contributed by atoms with van der Waals surface area (Å²) in [5.41, 5.74) is 1.93. The molecule has 0 saturated carbocycles. The van der Waals surface area contributed by atoms with Crippen molar-refractivity contribution >= 4 is 22.9 Å². The van der Waals surface area contributed by atoms with Gasteiger partial charge in [0.2, 0.25) is 5.78 Å². The lowest BCUT2D eigenvalue weighted by Crippen LogP contribution is -2.43. The van der Waals surface area contributed by atoms with Gasteiger partial charge in [0.15, 0.2) is 11.2 Å². The first-order chi connectivity index (χ1) is 13.8. The third-order valence-corrected chi connectivity index (χ3v) is 5.41. The molecule has 0 saturated heterocycles. The average molecular weight is 395 g/mol. The standard InChI is InChI=1S/C20H21N5O4/c1-11-12(2)24-15-16(21-19(24)23(11)14-9-7-6-8-10-14)22(4)20(28)25(17(15)26)13(3)18(27)29-5/h6-10,13H,1-5H3/t13-/m0/s1. The van der Waals surface area contributed by atoms with Crippen molar-refractivity contribution in [3.8, 4) is 5.69 Å². The summed E-state index contributed by atoms with van der Waals surface area (Å²) in [5, 5.41) is 0. The molecule has 0 N–H and O–H groups in total. The molecule has 0 bridgehead atoms. The van der Waals surface area contributed by atoms with Crippen LogP contribution in [-0.2, 0) is 16.6 Å². The molecule has 150 valence electrons. The Morgan fingerprint density at radius 3 is 2.38 bits per heavy atom. The molecule has 1 atom stereocenters. The summed E-state index contributed by atoms with van der Waals surface area (Å²) in [6, 6.07) is 8.60. The Kier molecular flexibility index (Phi) is 4.18. The number of aromatic nitrogens is 5. The molecule has 4 rings (SSSR count). The Labute approximate surface area is 165 Å². The van der Waals surface area contributed by atoms with E-state index in [-0.39, 0.29) is 11.2 Å². The summed E-state index contributed by atoms with van der Waals surface area (Å²) in [6.45, 7) is 5.30. The van der Waals surface area contributed by atoms with E-state index in [0.717, 1.165) is 21.6 Å². The maximum atomic E-state index is 13.3. The van der Waals surface area contributed by atoms with Gasteiger partial charge < -0.3 is 4.74 Å². The number of carbonyl (C=O) groups excluding carboxylic acids is 1. The topological polar surface area (TPSA) is 92.5 Å². The summed E-state index contributed by atoms with van der Waals surface area (Å²) in [6.07, 6.45) is 0. The average Bonchev–Trinajstić information content (AvgIpc) is 3.22. The SMILES string of the molecule is COC(=O)[C@H](C)n1c(=O)c2c(nc3n(-c4ccccc4)c(C)c(C)n23)n(C)c1=O. The lowest BCUT2D eigenvalue weighted by molar-refractivity contribution is -0.144. The van der Waals surface area contributed by atoms with Crippen molar-refractivity contribution in [1.82, 2.24) is 23.1 Å². The minimum Gasteiger partial charge on any atom is -0.467 e. The van der Waals surface area contributed by atoms with Gasteiger partial charge in [-0.3, -0.25) is 18.3 Å². The Morgan fingerprint density at radius 2 is 1.76 bits per heavy atom. The van der Waals surface area contributed by atoms with E-state index in [1.807, 2.05) is 48.7 Å². The number of fused-ring (bicyclic) bond motifs is 3. The summed E-state index contributed by atoms with van der Waals surface area (Å²) in [4.78, 5) is 42.8. The predicted octanol–water partition coefficient (Wildman–Crippen LogP) is 1.49. The first-order valence-electron chi connectivity index (χ1n) is 9.14. The number of hydrogen-bond donors (Lipinski definition) is 0. The molecule has 1 aromatic carbocycles. The number of aryl methyl sites for hydroxylation is 2. The summed E-state index contributed by atoms with van der Waals surface area (Å²) >= 11 is 0. The molecular weight excluding hydrogens is 374 g/mol.